The highest BCUT2D eigenvalue weighted by Crippen LogP contribution is 2.21. The van der Waals surface area contributed by atoms with Crippen LogP contribution in [0.4, 0.5) is 0 Å². The van der Waals surface area contributed by atoms with E-state index in [-0.39, 0.29) is 11.3 Å². The molecule has 1 amide bonds. The Labute approximate surface area is 108 Å². The summed E-state index contributed by atoms with van der Waals surface area (Å²) in [4.78, 5) is 13.5. The third-order valence-electron chi connectivity index (χ3n) is 2.50. The molecule has 17 heavy (non-hydrogen) atoms. The van der Waals surface area contributed by atoms with Crippen LogP contribution in [0, 0.1) is 0 Å². The van der Waals surface area contributed by atoms with E-state index in [0.717, 1.165) is 5.75 Å². The highest BCUT2D eigenvalue weighted by Gasteiger charge is 2.15. The molecule has 1 atom stereocenters. The monoisotopic (exact) mass is 252 g/mol. The number of hydrogen-bond acceptors (Lipinski definition) is 3. The predicted octanol–water partition coefficient (Wildman–Crippen LogP) is 1.94. The van der Waals surface area contributed by atoms with Crippen LogP contribution in [-0.4, -0.2) is 37.3 Å². The number of rotatable bonds is 6. The Bertz CT molecular complexity index is 341. The quantitative estimate of drug-likeness (QED) is 0.785. The Morgan fingerprint density at radius 1 is 1.35 bits per heavy atom. The minimum atomic E-state index is 0.0873. The van der Waals surface area contributed by atoms with E-state index in [1.54, 1.807) is 18.8 Å². The van der Waals surface area contributed by atoms with Gasteiger partial charge in [0.1, 0.15) is 0 Å². The molecule has 0 bridgehead atoms. The fourth-order valence-electron chi connectivity index (χ4n) is 1.42. The van der Waals surface area contributed by atoms with Crippen molar-refractivity contribution in [1.29, 1.82) is 0 Å². The zero-order valence-corrected chi connectivity index (χ0v) is 11.5. The summed E-state index contributed by atoms with van der Waals surface area (Å²) in [6.45, 7) is 0. The second kappa shape index (κ2) is 7.35. The zero-order valence-electron chi connectivity index (χ0n) is 10.6. The molecular formula is C13H20N2OS. The van der Waals surface area contributed by atoms with Gasteiger partial charge in [-0.25, -0.2) is 0 Å². The average Bonchev–Trinajstić information content (AvgIpc) is 2.35. The molecule has 0 fully saturated rings. The van der Waals surface area contributed by atoms with Gasteiger partial charge in [-0.2, -0.15) is 0 Å². The lowest BCUT2D eigenvalue weighted by atomic mass is 10.2. The first-order valence-corrected chi connectivity index (χ1v) is 6.71. The molecule has 4 heteroatoms. The Kier molecular flexibility index (Phi) is 6.08. The molecule has 3 nitrogen and oxygen atoms in total. The summed E-state index contributed by atoms with van der Waals surface area (Å²) in [5, 5.41) is 2.89. The van der Waals surface area contributed by atoms with E-state index in [9.17, 15) is 4.79 Å². The van der Waals surface area contributed by atoms with Crippen molar-refractivity contribution >= 4 is 17.7 Å². The molecule has 1 unspecified atom stereocenters. The van der Waals surface area contributed by atoms with Gasteiger partial charge in [0.15, 0.2) is 0 Å². The Morgan fingerprint density at radius 2 is 2.00 bits per heavy atom. The highest BCUT2D eigenvalue weighted by molar-refractivity contribution is 7.99. The van der Waals surface area contributed by atoms with Crippen LogP contribution in [0.2, 0.25) is 0 Å². The normalized spacial score (nSPS) is 12.5. The number of nitrogens with zero attached hydrogens (tertiary/aromatic N) is 1. The SMILES string of the molecule is CNC(=O)CC(SCc1ccccc1)N(C)C. The number of amides is 1. The molecule has 0 aromatic heterocycles. The Balaban J connectivity index is 2.47. The van der Waals surface area contributed by atoms with Crippen molar-refractivity contribution in [1.82, 2.24) is 10.2 Å². The molecule has 1 aromatic carbocycles. The maximum Gasteiger partial charge on any atom is 0.222 e. The van der Waals surface area contributed by atoms with Crippen molar-refractivity contribution in [3.05, 3.63) is 35.9 Å². The first-order valence-electron chi connectivity index (χ1n) is 5.66. The first-order chi connectivity index (χ1) is 8.13. The summed E-state index contributed by atoms with van der Waals surface area (Å²) in [6, 6.07) is 10.3. The van der Waals surface area contributed by atoms with E-state index in [1.165, 1.54) is 5.56 Å². The van der Waals surface area contributed by atoms with E-state index < -0.39 is 0 Å². The van der Waals surface area contributed by atoms with Crippen LogP contribution in [0.15, 0.2) is 30.3 Å². The van der Waals surface area contributed by atoms with E-state index in [2.05, 4.69) is 22.3 Å². The van der Waals surface area contributed by atoms with E-state index in [1.807, 2.05) is 32.3 Å². The molecule has 1 aromatic rings. The molecule has 0 heterocycles. The fraction of sp³-hybridized carbons (Fsp3) is 0.462. The van der Waals surface area contributed by atoms with Gasteiger partial charge in [-0.1, -0.05) is 30.3 Å². The first kappa shape index (κ1) is 14.1. The van der Waals surface area contributed by atoms with Crippen LogP contribution < -0.4 is 5.32 Å². The highest BCUT2D eigenvalue weighted by atomic mass is 32.2. The van der Waals surface area contributed by atoms with Gasteiger partial charge in [0.25, 0.3) is 0 Å². The van der Waals surface area contributed by atoms with Gasteiger partial charge >= 0.3 is 0 Å². The zero-order chi connectivity index (χ0) is 12.7. The summed E-state index contributed by atoms with van der Waals surface area (Å²) in [5.41, 5.74) is 1.29. The van der Waals surface area contributed by atoms with E-state index >= 15 is 0 Å². The lowest BCUT2D eigenvalue weighted by Crippen LogP contribution is -2.31. The number of hydrogen-bond donors (Lipinski definition) is 1. The van der Waals surface area contributed by atoms with Gasteiger partial charge in [-0.05, 0) is 19.7 Å². The van der Waals surface area contributed by atoms with Gasteiger partial charge in [0.05, 0.1) is 11.8 Å². The van der Waals surface area contributed by atoms with Crippen molar-refractivity contribution in [2.75, 3.05) is 21.1 Å². The fourth-order valence-corrected chi connectivity index (χ4v) is 2.56. The van der Waals surface area contributed by atoms with Gasteiger partial charge in [-0.15, -0.1) is 11.8 Å². The molecule has 0 aliphatic carbocycles. The molecule has 0 spiro atoms. The molecule has 1 rings (SSSR count). The Morgan fingerprint density at radius 3 is 2.53 bits per heavy atom. The summed E-state index contributed by atoms with van der Waals surface area (Å²) in [5.74, 6) is 1.02. The summed E-state index contributed by atoms with van der Waals surface area (Å²) in [6.07, 6.45) is 0.529. The average molecular weight is 252 g/mol. The number of benzene rings is 1. The molecule has 0 saturated heterocycles. The standard InChI is InChI=1S/C13H20N2OS/c1-14-12(16)9-13(15(2)3)17-10-11-7-5-4-6-8-11/h4-8,13H,9-10H2,1-3H3,(H,14,16). The van der Waals surface area contributed by atoms with Gasteiger partial charge in [0.2, 0.25) is 5.91 Å². The largest absolute Gasteiger partial charge is 0.359 e. The lowest BCUT2D eigenvalue weighted by Gasteiger charge is -2.23. The van der Waals surface area contributed by atoms with Crippen LogP contribution in [0.25, 0.3) is 0 Å². The van der Waals surface area contributed by atoms with E-state index in [0.29, 0.717) is 6.42 Å². The maximum absolute atomic E-state index is 11.4. The van der Waals surface area contributed by atoms with Crippen LogP contribution in [0.1, 0.15) is 12.0 Å². The van der Waals surface area contributed by atoms with Crippen molar-refractivity contribution in [3.8, 4) is 0 Å². The van der Waals surface area contributed by atoms with Crippen LogP contribution in [0.5, 0.6) is 0 Å². The summed E-state index contributed by atoms with van der Waals surface area (Å²) in [7, 11) is 5.69. The number of thioether (sulfide) groups is 1. The minimum Gasteiger partial charge on any atom is -0.359 e. The molecular weight excluding hydrogens is 232 g/mol. The molecule has 0 aliphatic rings. The molecule has 94 valence electrons. The lowest BCUT2D eigenvalue weighted by molar-refractivity contribution is -0.121. The molecule has 1 N–H and O–H groups in total. The number of carbonyl (C=O) groups is 1. The Hall–Kier alpha value is -1.00. The van der Waals surface area contributed by atoms with Crippen molar-refractivity contribution in [2.24, 2.45) is 0 Å². The number of nitrogens with one attached hydrogen (secondary N) is 1. The van der Waals surface area contributed by atoms with Crippen molar-refractivity contribution < 1.29 is 4.79 Å². The summed E-state index contributed by atoms with van der Waals surface area (Å²) < 4.78 is 0. The van der Waals surface area contributed by atoms with Crippen LogP contribution >= 0.6 is 11.8 Å². The third kappa shape index (κ3) is 5.24. The molecule has 0 aliphatic heterocycles. The maximum atomic E-state index is 11.4. The van der Waals surface area contributed by atoms with Crippen molar-refractivity contribution in [2.45, 2.75) is 17.5 Å². The second-order valence-corrected chi connectivity index (χ2v) is 5.26. The van der Waals surface area contributed by atoms with E-state index in [4.69, 9.17) is 0 Å². The van der Waals surface area contributed by atoms with Crippen LogP contribution in [0.3, 0.4) is 0 Å². The smallest absolute Gasteiger partial charge is 0.222 e. The van der Waals surface area contributed by atoms with Gasteiger partial charge in [0, 0.05) is 12.8 Å². The topological polar surface area (TPSA) is 32.3 Å². The minimum absolute atomic E-state index is 0.0873. The summed E-state index contributed by atoms with van der Waals surface area (Å²) >= 11 is 1.79. The van der Waals surface area contributed by atoms with Crippen molar-refractivity contribution in [3.63, 3.8) is 0 Å². The van der Waals surface area contributed by atoms with Crippen LogP contribution in [-0.2, 0) is 10.5 Å². The molecule has 0 radical (unpaired) electrons. The third-order valence-corrected chi connectivity index (χ3v) is 3.97. The molecule has 0 saturated carbocycles. The second-order valence-electron chi connectivity index (χ2n) is 4.09. The number of carbonyl (C=O) groups excluding carboxylic acids is 1. The predicted molar refractivity (Wildman–Crippen MR) is 73.9 cm³/mol. The van der Waals surface area contributed by atoms with Gasteiger partial charge in [-0.3, -0.25) is 9.69 Å². The van der Waals surface area contributed by atoms with Gasteiger partial charge < -0.3 is 5.32 Å².